The highest BCUT2D eigenvalue weighted by Gasteiger charge is 2.51. The lowest BCUT2D eigenvalue weighted by molar-refractivity contribution is -0.0467. The molecule has 242 valence electrons. The van der Waals surface area contributed by atoms with E-state index in [0.29, 0.717) is 0 Å². The maximum absolute atomic E-state index is 13.6. The van der Waals surface area contributed by atoms with E-state index >= 15 is 0 Å². The van der Waals surface area contributed by atoms with E-state index in [1.54, 1.807) is 0 Å². The third-order valence-electron chi connectivity index (χ3n) is 7.59. The lowest BCUT2D eigenvalue weighted by Gasteiger charge is -2.31. The molecule has 25 heteroatoms. The Morgan fingerprint density at radius 3 is 2.22 bits per heavy atom. The molecular weight excluding hydrogens is 678 g/mol. The van der Waals surface area contributed by atoms with E-state index in [-0.39, 0.29) is 34.1 Å². The molecule has 0 spiro atoms. The predicted molar refractivity (Wildman–Crippen MR) is 161 cm³/mol. The average Bonchev–Trinajstić information content (AvgIpc) is 3.72. The van der Waals surface area contributed by atoms with Gasteiger partial charge in [0, 0.05) is 0 Å². The summed E-state index contributed by atoms with van der Waals surface area (Å²) in [6.45, 7) is -8.77. The monoisotopic (exact) mass is 704 g/mol. The first-order chi connectivity index (χ1) is 21.3. The summed E-state index contributed by atoms with van der Waals surface area (Å²) in [6, 6.07) is -2.26. The molecule has 7 rings (SSSR count). The molecule has 6 unspecified atom stereocenters. The first-order valence-electron chi connectivity index (χ1n) is 13.1. The third kappa shape index (κ3) is 5.56. The number of aliphatic hydroxyl groups is 2. The molecule has 0 amide bonds. The van der Waals surface area contributed by atoms with Crippen LogP contribution in [0.15, 0.2) is 23.8 Å². The maximum Gasteiger partial charge on any atom is 0.324 e. The number of nitrogens with zero attached hydrogens (tertiary/aromatic N) is 7. The topological polar surface area (TPSA) is 298 Å². The van der Waals surface area contributed by atoms with Crippen LogP contribution < -0.4 is 27.2 Å². The van der Waals surface area contributed by atoms with Crippen LogP contribution in [0.1, 0.15) is 12.5 Å². The zero-order chi connectivity index (χ0) is 31.8. The first kappa shape index (κ1) is 31.0. The van der Waals surface area contributed by atoms with Crippen molar-refractivity contribution in [1.82, 2.24) is 49.2 Å². The molecule has 10 N–H and O–H groups in total. The normalized spacial score (nSPS) is 37.7. The van der Waals surface area contributed by atoms with Gasteiger partial charge in [0.25, 0.3) is 12.2 Å². The smallest absolute Gasteiger partial charge is 0.324 e. The Morgan fingerprint density at radius 1 is 0.933 bits per heavy atom. The number of anilines is 2. The number of hydrogen-bond donors (Lipinski definition) is 9. The lowest BCUT2D eigenvalue weighted by atomic mass is 10.1. The molecule has 0 bridgehead atoms. The Balaban J connectivity index is 1.17. The van der Waals surface area contributed by atoms with Gasteiger partial charge in [0.05, 0.1) is 38.0 Å². The minimum absolute atomic E-state index is 0.0196. The number of aliphatic hydroxyl groups excluding tert-OH is 2. The highest BCUT2D eigenvalue weighted by molar-refractivity contribution is 8.45. The number of hydrogen-bond acceptors (Lipinski definition) is 16. The van der Waals surface area contributed by atoms with Gasteiger partial charge in [-0.1, -0.05) is 12.2 Å². The van der Waals surface area contributed by atoms with Crippen LogP contribution in [0, 0.1) is 0 Å². The molecule has 21 nitrogen and oxygen atoms in total. The van der Waals surface area contributed by atoms with Crippen LogP contribution in [-0.2, 0) is 34.9 Å². The molecule has 4 aromatic rings. The van der Waals surface area contributed by atoms with E-state index in [1.165, 1.54) is 28.1 Å². The maximum atomic E-state index is 13.6. The van der Waals surface area contributed by atoms with Gasteiger partial charge in [-0.15, -0.1) is 0 Å². The van der Waals surface area contributed by atoms with Crippen molar-refractivity contribution in [2.24, 2.45) is 0 Å². The van der Waals surface area contributed by atoms with Crippen LogP contribution in [0.25, 0.3) is 22.3 Å². The van der Waals surface area contributed by atoms with E-state index in [4.69, 9.17) is 41.8 Å². The van der Waals surface area contributed by atoms with E-state index < -0.39 is 81.1 Å². The van der Waals surface area contributed by atoms with Gasteiger partial charge in [-0.25, -0.2) is 30.1 Å². The van der Waals surface area contributed by atoms with E-state index in [0.717, 1.165) is 0 Å². The number of fused-ring (bicyclic) bond motifs is 4. The average molecular weight is 705 g/mol. The molecule has 7 heterocycles. The number of imidazole rings is 2. The zero-order valence-electron chi connectivity index (χ0n) is 22.6. The lowest BCUT2D eigenvalue weighted by Crippen LogP contribution is -2.47. The number of aromatic nitrogens is 8. The summed E-state index contributed by atoms with van der Waals surface area (Å²) in [7, 11) is 0. The number of nitrogen functional groups attached to an aromatic ring is 2. The van der Waals surface area contributed by atoms with E-state index in [9.17, 15) is 24.5 Å². The summed E-state index contributed by atoms with van der Waals surface area (Å²) in [5.41, 5.74) is 11.5. The molecule has 3 aliphatic heterocycles. The Morgan fingerprint density at radius 2 is 1.53 bits per heavy atom. The molecule has 3 saturated heterocycles. The highest BCUT2D eigenvalue weighted by Crippen LogP contribution is 2.52. The fourth-order valence-corrected chi connectivity index (χ4v) is 8.92. The summed E-state index contributed by atoms with van der Waals surface area (Å²) in [4.78, 5) is 46.1. The van der Waals surface area contributed by atoms with Gasteiger partial charge in [-0.05, 0) is 11.8 Å². The summed E-state index contributed by atoms with van der Waals surface area (Å²) in [5.74, 6) is -0.0705. The summed E-state index contributed by atoms with van der Waals surface area (Å²) in [6.07, 6.45) is -3.53. The van der Waals surface area contributed by atoms with Gasteiger partial charge in [-0.3, -0.25) is 23.5 Å². The van der Waals surface area contributed by atoms with Crippen molar-refractivity contribution >= 4 is 71.5 Å². The fourth-order valence-electron chi connectivity index (χ4n) is 5.53. The standard InChI is InChI=1S/C20H26N12O9P2S2/c21-14-10-15(24-3-23-14)31(4-25-10)18-12(33)8-6(40-18)1-38-43(37,45)30-9-7(2-39-42(36,44)29-8)41-19(13(9)34)32-5-26-11-16(32)27-20(22)28-17(11)35/h3-9,12-13,18-19,33-34H,1-2H2,(H2,21,23,24)(H2,29,36,44)(H2,30,37,45)(H3,22,27,28,35)/t6-,7-,8?,9?,12?,13?,18-,19-,42?,43?/m1/s1. The second-order valence-corrected chi connectivity index (χ2v) is 16.6. The van der Waals surface area contributed by atoms with Crippen molar-refractivity contribution in [3.63, 3.8) is 0 Å². The van der Waals surface area contributed by atoms with Gasteiger partial charge in [-0.2, -0.15) is 4.98 Å². The van der Waals surface area contributed by atoms with Crippen LogP contribution in [0.4, 0.5) is 11.8 Å². The SMILES string of the molecule is Nc1nc2c(ncn2[C@@H]2O[C@@H]3COP(O)(=S)NC4C(O)[C@H](n5cnc6c(N)ncnc65)O[C@@H]4COP(=O)(S)NC3C2O)c(=O)[nH]1. The van der Waals surface area contributed by atoms with Crippen LogP contribution in [0.2, 0.25) is 0 Å². The quantitative estimate of drug-likeness (QED) is 0.0794. The van der Waals surface area contributed by atoms with Gasteiger partial charge in [0.2, 0.25) is 5.95 Å². The first-order valence-corrected chi connectivity index (χ1v) is 18.6. The molecule has 10 atom stereocenters. The minimum Gasteiger partial charge on any atom is -0.387 e. The number of nitrogens with one attached hydrogen (secondary N) is 3. The Kier molecular flexibility index (Phi) is 7.76. The number of thiol groups is 1. The molecule has 4 aromatic heterocycles. The van der Waals surface area contributed by atoms with E-state index in [2.05, 4.69) is 52.3 Å². The van der Waals surface area contributed by atoms with Crippen LogP contribution in [0.5, 0.6) is 0 Å². The van der Waals surface area contributed by atoms with Crippen LogP contribution in [0.3, 0.4) is 0 Å². The molecule has 0 aromatic carbocycles. The Hall–Kier alpha value is -2.63. The predicted octanol–water partition coefficient (Wildman–Crippen LogP) is -2.14. The van der Waals surface area contributed by atoms with Crippen molar-refractivity contribution in [2.45, 2.75) is 49.0 Å². The van der Waals surface area contributed by atoms with Crippen LogP contribution in [-0.4, -0.2) is 104 Å². The van der Waals surface area contributed by atoms with Crippen molar-refractivity contribution in [2.75, 3.05) is 24.7 Å². The second-order valence-electron chi connectivity index (χ2n) is 10.4. The Labute approximate surface area is 261 Å². The molecule has 45 heavy (non-hydrogen) atoms. The van der Waals surface area contributed by atoms with Crippen LogP contribution >= 0.6 is 25.6 Å². The van der Waals surface area contributed by atoms with Gasteiger partial charge in [0.1, 0.15) is 36.3 Å². The number of nitrogens with two attached hydrogens (primary N) is 2. The largest absolute Gasteiger partial charge is 0.387 e. The van der Waals surface area contributed by atoms with E-state index in [1.807, 2.05) is 0 Å². The molecule has 0 radical (unpaired) electrons. The number of rotatable bonds is 2. The Bertz CT molecular complexity index is 1940. The highest BCUT2D eigenvalue weighted by atomic mass is 32.7. The minimum atomic E-state index is -4.03. The third-order valence-corrected chi connectivity index (χ3v) is 11.2. The summed E-state index contributed by atoms with van der Waals surface area (Å²) >= 11 is 9.55. The summed E-state index contributed by atoms with van der Waals surface area (Å²) < 4.78 is 39.7. The number of ether oxygens (including phenoxy) is 2. The van der Waals surface area contributed by atoms with Crippen molar-refractivity contribution < 1.29 is 38.2 Å². The van der Waals surface area contributed by atoms with Gasteiger partial charge < -0.3 is 45.1 Å². The van der Waals surface area contributed by atoms with Gasteiger partial charge in [0.15, 0.2) is 35.1 Å². The molecule has 0 aliphatic carbocycles. The zero-order valence-corrected chi connectivity index (χ0v) is 26.1. The molecule has 0 saturated carbocycles. The summed E-state index contributed by atoms with van der Waals surface area (Å²) in [5, 5.41) is 28.1. The van der Waals surface area contributed by atoms with Gasteiger partial charge >= 0.3 is 6.72 Å². The van der Waals surface area contributed by atoms with Crippen molar-refractivity contribution in [3.05, 3.63) is 29.3 Å². The van der Waals surface area contributed by atoms with Crippen molar-refractivity contribution in [1.29, 1.82) is 0 Å². The number of aromatic amines is 1. The molecule has 3 aliphatic rings. The molecular formula is C20H26N12O9P2S2. The van der Waals surface area contributed by atoms with Crippen molar-refractivity contribution in [3.8, 4) is 0 Å². The molecule has 3 fully saturated rings. The fraction of sp³-hybridized carbons (Fsp3) is 0.500. The number of H-pyrrole nitrogens is 1. The second kappa shape index (κ2) is 11.3.